The van der Waals surface area contributed by atoms with Crippen LogP contribution in [0, 0.1) is 22.9 Å². The number of alkyl halides is 2. The predicted octanol–water partition coefficient (Wildman–Crippen LogP) is 7.43. The average Bonchev–Trinajstić information content (AvgIpc) is 3.27. The fourth-order valence-corrected chi connectivity index (χ4v) is 4.46. The second kappa shape index (κ2) is 13.1. The zero-order valence-corrected chi connectivity index (χ0v) is 24.9. The molecule has 1 aromatic heterocycles. The molecule has 44 heavy (non-hydrogen) atoms. The predicted molar refractivity (Wildman–Crippen MR) is 157 cm³/mol. The van der Waals surface area contributed by atoms with Gasteiger partial charge in [0.25, 0.3) is 12.3 Å². The minimum atomic E-state index is -2.86. The molecule has 0 spiro atoms. The summed E-state index contributed by atoms with van der Waals surface area (Å²) in [5.41, 5.74) is -0.973. The maximum atomic E-state index is 15.5. The summed E-state index contributed by atoms with van der Waals surface area (Å²) in [7, 11) is 0. The molecule has 0 saturated heterocycles. The highest BCUT2D eigenvalue weighted by atomic mass is 35.5. The van der Waals surface area contributed by atoms with E-state index >= 15 is 4.39 Å². The van der Waals surface area contributed by atoms with Crippen LogP contribution in [-0.4, -0.2) is 34.4 Å². The molecule has 3 N–H and O–H groups in total. The molecular weight excluding hydrogens is 609 g/mol. The molecule has 3 aromatic carbocycles. The number of hydrogen-bond acceptors (Lipinski definition) is 5. The fraction of sp³-hybridized carbons (Fsp3) is 0.300. The van der Waals surface area contributed by atoms with Crippen LogP contribution in [0.4, 0.5) is 39.3 Å². The molecule has 8 nitrogen and oxygen atoms in total. The number of anilines is 3. The van der Waals surface area contributed by atoms with Crippen LogP contribution in [0.2, 0.25) is 5.02 Å². The Kier molecular flexibility index (Phi) is 9.67. The number of amides is 2. The van der Waals surface area contributed by atoms with Crippen LogP contribution in [0.5, 0.6) is 5.75 Å². The number of imidazole rings is 1. The van der Waals surface area contributed by atoms with E-state index < -0.39 is 47.5 Å². The summed E-state index contributed by atoms with van der Waals surface area (Å²) in [4.78, 5) is 29.8. The highest BCUT2D eigenvalue weighted by molar-refractivity contribution is 6.31. The van der Waals surface area contributed by atoms with E-state index in [1.165, 1.54) is 28.8 Å². The summed E-state index contributed by atoms with van der Waals surface area (Å²) < 4.78 is 77.0. The molecule has 0 unspecified atom stereocenters. The van der Waals surface area contributed by atoms with Gasteiger partial charge >= 0.3 is 0 Å². The number of nitrogens with zero attached hydrogens (tertiary/aromatic N) is 2. The summed E-state index contributed by atoms with van der Waals surface area (Å²) in [6.45, 7) is 5.79. The van der Waals surface area contributed by atoms with Gasteiger partial charge in [-0.1, -0.05) is 38.4 Å². The minimum Gasteiger partial charge on any atom is -0.487 e. The lowest BCUT2D eigenvalue weighted by atomic mass is 9.95. The lowest BCUT2D eigenvalue weighted by molar-refractivity contribution is -0.128. The van der Waals surface area contributed by atoms with Gasteiger partial charge in [-0.2, -0.15) is 0 Å². The van der Waals surface area contributed by atoms with E-state index in [9.17, 15) is 27.2 Å². The number of carbonyl (C=O) groups is 2. The molecule has 0 radical (unpaired) electrons. The second-order valence-corrected chi connectivity index (χ2v) is 11.2. The summed E-state index contributed by atoms with van der Waals surface area (Å²) in [5, 5.41) is 7.73. The minimum absolute atomic E-state index is 0.00544. The summed E-state index contributed by atoms with van der Waals surface area (Å²) >= 11 is 5.87. The smallest absolute Gasteiger partial charge is 0.272 e. The number of benzene rings is 3. The van der Waals surface area contributed by atoms with Crippen molar-refractivity contribution in [3.63, 3.8) is 0 Å². The summed E-state index contributed by atoms with van der Waals surface area (Å²) in [6.07, 6.45) is -2.86. The lowest BCUT2D eigenvalue weighted by Gasteiger charge is -2.18. The van der Waals surface area contributed by atoms with E-state index in [1.54, 1.807) is 27.7 Å². The number of halogens is 6. The van der Waals surface area contributed by atoms with E-state index in [0.29, 0.717) is 5.52 Å². The number of ether oxygens (including phenoxy) is 1. The number of rotatable bonds is 10. The Labute approximate surface area is 254 Å². The lowest BCUT2D eigenvalue weighted by Crippen LogP contribution is -2.34. The molecule has 0 fully saturated rings. The standard InChI is InChI=1S/C30H29ClF5N5O3/c1-5-41-22-12-23(44-14-24(34)35)19(27(42)38-18-9-16(31)8-17(32)10-18)11-21(22)39-29(41)40-26-20(33)7-6-15(25(26)36)13-37-28(43)30(2,3)4/h6-12,24H,5,13-14H2,1-4H3,(H,37,43)(H,38,42)(H,39,40). The van der Waals surface area contributed by atoms with Crippen molar-refractivity contribution in [2.75, 3.05) is 17.2 Å². The van der Waals surface area contributed by atoms with Crippen LogP contribution in [0.15, 0.2) is 42.5 Å². The van der Waals surface area contributed by atoms with Crippen molar-refractivity contribution in [3.8, 4) is 5.75 Å². The third-order valence-electron chi connectivity index (χ3n) is 6.42. The first kappa shape index (κ1) is 32.5. The SMILES string of the molecule is CCn1c(Nc2c(F)ccc(CNC(=O)C(C)(C)C)c2F)nc2cc(C(=O)Nc3cc(F)cc(Cl)c3)c(OCC(F)F)cc21. The van der Waals surface area contributed by atoms with E-state index in [1.807, 2.05) is 0 Å². The van der Waals surface area contributed by atoms with Gasteiger partial charge in [0.2, 0.25) is 11.9 Å². The van der Waals surface area contributed by atoms with Crippen LogP contribution in [-0.2, 0) is 17.9 Å². The van der Waals surface area contributed by atoms with Gasteiger partial charge in [-0.25, -0.2) is 26.9 Å². The van der Waals surface area contributed by atoms with Crippen molar-refractivity contribution < 1.29 is 36.3 Å². The quantitative estimate of drug-likeness (QED) is 0.157. The van der Waals surface area contributed by atoms with Gasteiger partial charge in [-0.05, 0) is 37.3 Å². The number of fused-ring (bicyclic) bond motifs is 1. The first-order valence-corrected chi connectivity index (χ1v) is 13.8. The molecular formula is C30H29ClF5N5O3. The fourth-order valence-electron chi connectivity index (χ4n) is 4.24. The van der Waals surface area contributed by atoms with Crippen molar-refractivity contribution >= 4 is 51.8 Å². The average molecular weight is 638 g/mol. The van der Waals surface area contributed by atoms with Crippen molar-refractivity contribution in [1.82, 2.24) is 14.9 Å². The largest absolute Gasteiger partial charge is 0.487 e. The molecule has 4 aromatic rings. The van der Waals surface area contributed by atoms with Gasteiger partial charge in [0.15, 0.2) is 5.82 Å². The molecule has 0 aliphatic carbocycles. The normalized spacial score (nSPS) is 11.6. The molecule has 0 bridgehead atoms. The molecule has 2 amide bonds. The van der Waals surface area contributed by atoms with Crippen LogP contribution in [0.25, 0.3) is 11.0 Å². The zero-order valence-electron chi connectivity index (χ0n) is 24.1. The summed E-state index contributed by atoms with van der Waals surface area (Å²) in [6, 6.07) is 8.16. The Balaban J connectivity index is 1.73. The highest BCUT2D eigenvalue weighted by Gasteiger charge is 2.24. The van der Waals surface area contributed by atoms with Crippen molar-refractivity contribution in [1.29, 1.82) is 0 Å². The van der Waals surface area contributed by atoms with Gasteiger partial charge in [-0.3, -0.25) is 9.59 Å². The second-order valence-electron chi connectivity index (χ2n) is 10.8. The Morgan fingerprint density at radius 3 is 2.43 bits per heavy atom. The number of hydrogen-bond donors (Lipinski definition) is 3. The Morgan fingerprint density at radius 1 is 1.07 bits per heavy atom. The van der Waals surface area contributed by atoms with Gasteiger partial charge in [-0.15, -0.1) is 0 Å². The number of aromatic nitrogens is 2. The first-order chi connectivity index (χ1) is 20.7. The molecule has 0 aliphatic rings. The Morgan fingerprint density at radius 2 is 1.80 bits per heavy atom. The van der Waals surface area contributed by atoms with Crippen LogP contribution in [0.3, 0.4) is 0 Å². The maximum Gasteiger partial charge on any atom is 0.272 e. The van der Waals surface area contributed by atoms with Crippen LogP contribution in [0.1, 0.15) is 43.6 Å². The van der Waals surface area contributed by atoms with E-state index in [2.05, 4.69) is 20.9 Å². The third kappa shape index (κ3) is 7.39. The van der Waals surface area contributed by atoms with E-state index in [4.69, 9.17) is 16.3 Å². The number of aryl methyl sites for hydroxylation is 1. The van der Waals surface area contributed by atoms with Gasteiger partial charge in [0.1, 0.15) is 29.7 Å². The number of carbonyl (C=O) groups excluding carboxylic acids is 2. The van der Waals surface area contributed by atoms with Crippen molar-refractivity contribution in [3.05, 3.63) is 76.1 Å². The maximum absolute atomic E-state index is 15.5. The molecule has 1 heterocycles. The van der Waals surface area contributed by atoms with Gasteiger partial charge < -0.3 is 25.3 Å². The van der Waals surface area contributed by atoms with Gasteiger partial charge in [0, 0.05) is 40.8 Å². The van der Waals surface area contributed by atoms with E-state index in [-0.39, 0.29) is 58.0 Å². The molecule has 0 aliphatic heterocycles. The van der Waals surface area contributed by atoms with Crippen molar-refractivity contribution in [2.24, 2.45) is 5.41 Å². The van der Waals surface area contributed by atoms with Gasteiger partial charge in [0.05, 0.1) is 16.6 Å². The Bertz CT molecular complexity index is 1700. The third-order valence-corrected chi connectivity index (χ3v) is 6.64. The Hall–Kier alpha value is -4.39. The first-order valence-electron chi connectivity index (χ1n) is 13.4. The molecule has 14 heteroatoms. The topological polar surface area (TPSA) is 97.3 Å². The van der Waals surface area contributed by atoms with E-state index in [0.717, 1.165) is 18.2 Å². The zero-order chi connectivity index (χ0) is 32.3. The summed E-state index contributed by atoms with van der Waals surface area (Å²) in [5.74, 6) is -4.01. The number of nitrogens with one attached hydrogen (secondary N) is 3. The van der Waals surface area contributed by atoms with Crippen LogP contribution < -0.4 is 20.7 Å². The molecule has 0 atom stereocenters. The highest BCUT2D eigenvalue weighted by Crippen LogP contribution is 2.33. The van der Waals surface area contributed by atoms with Crippen LogP contribution >= 0.6 is 11.6 Å². The monoisotopic (exact) mass is 637 g/mol. The molecule has 0 saturated carbocycles. The molecule has 234 valence electrons. The van der Waals surface area contributed by atoms with Crippen molar-refractivity contribution in [2.45, 2.75) is 47.2 Å². The molecule has 4 rings (SSSR count).